The zero-order valence-corrected chi connectivity index (χ0v) is 18.6. The number of aryl methyl sites for hydroxylation is 2. The molecule has 1 heterocycles. The summed E-state index contributed by atoms with van der Waals surface area (Å²) in [5, 5.41) is 0.967. The molecule has 0 N–H and O–H groups in total. The predicted octanol–water partition coefficient (Wildman–Crippen LogP) is 6.39. The molecule has 0 radical (unpaired) electrons. The van der Waals surface area contributed by atoms with Gasteiger partial charge in [0.15, 0.2) is 17.9 Å². The summed E-state index contributed by atoms with van der Waals surface area (Å²) in [4.78, 5) is 0. The van der Waals surface area contributed by atoms with Gasteiger partial charge in [0.25, 0.3) is 0 Å². The zero-order chi connectivity index (χ0) is 25.2. The van der Waals surface area contributed by atoms with E-state index in [2.05, 4.69) is 4.74 Å². The number of alkyl halides is 3. The average molecular weight is 500 g/mol. The van der Waals surface area contributed by atoms with Crippen LogP contribution in [0.5, 0.6) is 5.75 Å². The van der Waals surface area contributed by atoms with Crippen molar-refractivity contribution in [3.05, 3.63) is 76.6 Å². The van der Waals surface area contributed by atoms with E-state index in [-0.39, 0.29) is 24.5 Å². The van der Waals surface area contributed by atoms with Crippen molar-refractivity contribution in [2.75, 3.05) is 19.8 Å². The standard InChI is InChI=1S/C25H22F6O4/c1-2-32-18-12-33-24(34-13-18)17-7-8-19-16(11-17)6-5-15(22(19)28)4-3-14-9-20(26)23(21(27)10-14)35-25(29,30)31/h5-11,18,24H,2-4,12-13H2,1H3. The van der Waals surface area contributed by atoms with E-state index < -0.39 is 35.9 Å². The Morgan fingerprint density at radius 3 is 2.23 bits per heavy atom. The van der Waals surface area contributed by atoms with Crippen molar-refractivity contribution in [3.63, 3.8) is 0 Å². The molecule has 1 aliphatic rings. The Bertz CT molecular complexity index is 1170. The molecule has 4 nitrogen and oxygen atoms in total. The van der Waals surface area contributed by atoms with Crippen LogP contribution in [0.3, 0.4) is 0 Å². The molecule has 188 valence electrons. The average Bonchev–Trinajstić information content (AvgIpc) is 2.81. The van der Waals surface area contributed by atoms with Crippen LogP contribution in [-0.4, -0.2) is 32.3 Å². The molecule has 0 unspecified atom stereocenters. The Morgan fingerprint density at radius 2 is 1.60 bits per heavy atom. The summed E-state index contributed by atoms with van der Waals surface area (Å²) in [6.45, 7) is 3.21. The monoisotopic (exact) mass is 500 g/mol. The zero-order valence-electron chi connectivity index (χ0n) is 18.6. The second kappa shape index (κ2) is 10.4. The molecule has 1 aliphatic heterocycles. The third-order valence-corrected chi connectivity index (χ3v) is 5.56. The fourth-order valence-electron chi connectivity index (χ4n) is 3.95. The van der Waals surface area contributed by atoms with E-state index in [4.69, 9.17) is 14.2 Å². The topological polar surface area (TPSA) is 36.9 Å². The van der Waals surface area contributed by atoms with Gasteiger partial charge in [0.2, 0.25) is 5.75 Å². The van der Waals surface area contributed by atoms with E-state index in [1.165, 1.54) is 0 Å². The highest BCUT2D eigenvalue weighted by atomic mass is 19.4. The highest BCUT2D eigenvalue weighted by molar-refractivity contribution is 5.84. The van der Waals surface area contributed by atoms with Gasteiger partial charge in [0.1, 0.15) is 11.9 Å². The molecule has 3 aromatic rings. The molecule has 0 saturated carbocycles. The van der Waals surface area contributed by atoms with Gasteiger partial charge in [-0.2, -0.15) is 0 Å². The summed E-state index contributed by atoms with van der Waals surface area (Å²) < 4.78 is 100. The lowest BCUT2D eigenvalue weighted by Gasteiger charge is -2.29. The summed E-state index contributed by atoms with van der Waals surface area (Å²) in [6, 6.07) is 9.83. The Morgan fingerprint density at radius 1 is 0.914 bits per heavy atom. The maximum atomic E-state index is 15.1. The second-order valence-corrected chi connectivity index (χ2v) is 8.03. The largest absolute Gasteiger partial charge is 0.573 e. The van der Waals surface area contributed by atoms with Gasteiger partial charge in [-0.1, -0.05) is 24.3 Å². The van der Waals surface area contributed by atoms with E-state index in [9.17, 15) is 22.0 Å². The van der Waals surface area contributed by atoms with Crippen molar-refractivity contribution >= 4 is 10.8 Å². The molecule has 0 bridgehead atoms. The molecule has 3 aromatic carbocycles. The first kappa shape index (κ1) is 25.3. The van der Waals surface area contributed by atoms with Crippen molar-refractivity contribution in [3.8, 4) is 5.75 Å². The molecule has 1 saturated heterocycles. The molecular weight excluding hydrogens is 478 g/mol. The van der Waals surface area contributed by atoms with Crippen molar-refractivity contribution in [1.29, 1.82) is 0 Å². The molecule has 35 heavy (non-hydrogen) atoms. The van der Waals surface area contributed by atoms with Gasteiger partial charge in [0.05, 0.1) is 13.2 Å². The maximum Gasteiger partial charge on any atom is 0.573 e. The molecule has 4 rings (SSSR count). The first-order valence-corrected chi connectivity index (χ1v) is 10.9. The Hall–Kier alpha value is -2.82. The fourth-order valence-corrected chi connectivity index (χ4v) is 3.95. The normalized spacial score (nSPS) is 18.7. The predicted molar refractivity (Wildman–Crippen MR) is 114 cm³/mol. The molecule has 10 heteroatoms. The second-order valence-electron chi connectivity index (χ2n) is 8.03. The summed E-state index contributed by atoms with van der Waals surface area (Å²) in [5.74, 6) is -4.98. The van der Waals surface area contributed by atoms with E-state index in [0.29, 0.717) is 36.2 Å². The molecule has 0 aliphatic carbocycles. The number of halogens is 6. The lowest BCUT2D eigenvalue weighted by molar-refractivity contribution is -0.276. The molecule has 0 spiro atoms. The van der Waals surface area contributed by atoms with Gasteiger partial charge in [-0.05, 0) is 54.5 Å². The third-order valence-electron chi connectivity index (χ3n) is 5.56. The van der Waals surface area contributed by atoms with Crippen LogP contribution in [0.15, 0.2) is 42.5 Å². The number of fused-ring (bicyclic) bond motifs is 1. The van der Waals surface area contributed by atoms with Crippen LogP contribution in [-0.2, 0) is 27.1 Å². The van der Waals surface area contributed by atoms with E-state index >= 15 is 4.39 Å². The van der Waals surface area contributed by atoms with Crippen LogP contribution in [0, 0.1) is 17.5 Å². The Balaban J connectivity index is 1.46. The first-order chi connectivity index (χ1) is 16.6. The molecular formula is C25H22F6O4. The number of benzene rings is 3. The van der Waals surface area contributed by atoms with Gasteiger partial charge < -0.3 is 18.9 Å². The van der Waals surface area contributed by atoms with Gasteiger partial charge in [-0.15, -0.1) is 13.2 Å². The smallest absolute Gasteiger partial charge is 0.399 e. The van der Waals surface area contributed by atoms with Crippen molar-refractivity contribution in [1.82, 2.24) is 0 Å². The highest BCUT2D eigenvalue weighted by Crippen LogP contribution is 2.31. The maximum absolute atomic E-state index is 15.1. The molecule has 0 amide bonds. The molecule has 0 aromatic heterocycles. The lowest BCUT2D eigenvalue weighted by atomic mass is 9.98. The van der Waals surface area contributed by atoms with Crippen molar-refractivity contribution in [2.24, 2.45) is 0 Å². The van der Waals surface area contributed by atoms with Crippen LogP contribution in [0.25, 0.3) is 10.8 Å². The SMILES string of the molecule is CCOC1COC(c2ccc3c(F)c(CCc4cc(F)c(OC(F)(F)F)c(F)c4)ccc3c2)OC1. The fraction of sp³-hybridized carbons (Fsp3) is 0.360. The van der Waals surface area contributed by atoms with E-state index in [1.54, 1.807) is 30.3 Å². The van der Waals surface area contributed by atoms with E-state index in [0.717, 1.165) is 17.7 Å². The van der Waals surface area contributed by atoms with Gasteiger partial charge >= 0.3 is 6.36 Å². The lowest BCUT2D eigenvalue weighted by Crippen LogP contribution is -2.33. The minimum atomic E-state index is -5.22. The van der Waals surface area contributed by atoms with Crippen LogP contribution >= 0.6 is 0 Å². The number of hydrogen-bond acceptors (Lipinski definition) is 4. The number of rotatable bonds is 7. The molecule has 1 fully saturated rings. The van der Waals surface area contributed by atoms with E-state index in [1.807, 2.05) is 6.92 Å². The van der Waals surface area contributed by atoms with Gasteiger partial charge in [-0.3, -0.25) is 0 Å². The highest BCUT2D eigenvalue weighted by Gasteiger charge is 2.34. The van der Waals surface area contributed by atoms with Gasteiger partial charge in [-0.25, -0.2) is 13.2 Å². The summed E-state index contributed by atoms with van der Waals surface area (Å²) in [5.41, 5.74) is 1.10. The van der Waals surface area contributed by atoms with Crippen LogP contribution in [0.2, 0.25) is 0 Å². The minimum Gasteiger partial charge on any atom is -0.399 e. The Kier molecular flexibility index (Phi) is 7.53. The van der Waals surface area contributed by atoms with Gasteiger partial charge in [0, 0.05) is 17.6 Å². The number of ether oxygens (including phenoxy) is 4. The van der Waals surface area contributed by atoms with Crippen LogP contribution in [0.1, 0.15) is 29.9 Å². The quantitative estimate of drug-likeness (QED) is 0.352. The summed E-state index contributed by atoms with van der Waals surface area (Å²) in [7, 11) is 0. The summed E-state index contributed by atoms with van der Waals surface area (Å²) in [6.07, 6.45) is -5.86. The van der Waals surface area contributed by atoms with Crippen molar-refractivity contribution in [2.45, 2.75) is 38.5 Å². The van der Waals surface area contributed by atoms with Crippen molar-refractivity contribution < 1.29 is 45.3 Å². The first-order valence-electron chi connectivity index (χ1n) is 10.9. The Labute approximate surface area is 197 Å². The van der Waals surface area contributed by atoms with Crippen LogP contribution < -0.4 is 4.74 Å². The minimum absolute atomic E-state index is 0.00536. The summed E-state index contributed by atoms with van der Waals surface area (Å²) >= 11 is 0. The van der Waals surface area contributed by atoms with Crippen LogP contribution in [0.4, 0.5) is 26.3 Å². The molecule has 0 atom stereocenters. The number of hydrogen-bond donors (Lipinski definition) is 0. The third kappa shape index (κ3) is 6.06.